The maximum absolute atomic E-state index is 13.7. The fourth-order valence-corrected chi connectivity index (χ4v) is 8.46. The average molecular weight is 848 g/mol. The van der Waals surface area contributed by atoms with Crippen molar-refractivity contribution < 1.29 is 56.3 Å². The van der Waals surface area contributed by atoms with Gasteiger partial charge in [-0.2, -0.15) is 58.4 Å². The van der Waals surface area contributed by atoms with Crippen LogP contribution < -0.4 is 5.32 Å². The summed E-state index contributed by atoms with van der Waals surface area (Å²) in [5, 5.41) is 17.9. The number of nitrogens with zero attached hydrogens (tertiary/aromatic N) is 6. The second-order valence-corrected chi connectivity index (χ2v) is 18.0. The lowest BCUT2D eigenvalue weighted by Gasteiger charge is -2.23. The number of hydrogen-bond donors (Lipinski definition) is 5. The number of aromatic nitrogens is 2. The van der Waals surface area contributed by atoms with E-state index >= 15 is 0 Å². The number of halogens is 1. The molecule has 1 heterocycles. The van der Waals surface area contributed by atoms with Crippen LogP contribution in [0.3, 0.4) is 0 Å². The SMILES string of the molecule is Cc1cc(Nc2ccc(N=Nc3ccc(N=NC4=Cc5c(cc(S(=O)(=O)O)cc5S(=O)(=O)O)C(S(=O)(=O)O)C4)c4cc(S(=O)(=O)O)ccc34)c(C)c2)nc(F)n1. The predicted molar refractivity (Wildman–Crippen MR) is 197 cm³/mol. The number of rotatable bonds is 10. The van der Waals surface area contributed by atoms with Crippen LogP contribution in [-0.4, -0.2) is 61.9 Å². The Labute approximate surface area is 317 Å². The number of hydrogen-bond acceptors (Lipinski definition) is 15. The number of anilines is 2. The molecular weight excluding hydrogens is 822 g/mol. The zero-order chi connectivity index (χ0) is 41.0. The van der Waals surface area contributed by atoms with Gasteiger partial charge in [0.15, 0.2) is 0 Å². The van der Waals surface area contributed by atoms with Crippen LogP contribution in [-0.2, 0) is 40.5 Å². The van der Waals surface area contributed by atoms with Crippen LogP contribution in [0.25, 0.3) is 16.8 Å². The molecule has 5 aromatic rings. The monoisotopic (exact) mass is 847 g/mol. The minimum absolute atomic E-state index is 0.0449. The van der Waals surface area contributed by atoms with Gasteiger partial charge in [-0.3, -0.25) is 18.2 Å². The van der Waals surface area contributed by atoms with Crippen LogP contribution in [0.5, 0.6) is 0 Å². The van der Waals surface area contributed by atoms with E-state index in [1.807, 2.05) is 0 Å². The summed E-state index contributed by atoms with van der Waals surface area (Å²) in [5.74, 6) is 0.233. The fraction of sp³-hybridized carbons (Fsp3) is 0.125. The normalized spacial score (nSPS) is 15.3. The van der Waals surface area contributed by atoms with E-state index in [9.17, 15) is 56.3 Å². The number of aryl methyl sites for hydroxylation is 2. The fourth-order valence-electron chi connectivity index (χ4n) is 5.71. The third-order valence-corrected chi connectivity index (χ3v) is 11.9. The molecule has 6 rings (SSSR count). The molecule has 0 aliphatic heterocycles. The molecule has 1 unspecified atom stereocenters. The predicted octanol–water partition coefficient (Wildman–Crippen LogP) is 6.74. The highest BCUT2D eigenvalue weighted by atomic mass is 32.2. The van der Waals surface area contributed by atoms with Crippen molar-refractivity contribution in [2.75, 3.05) is 5.32 Å². The first kappa shape index (κ1) is 40.2. The van der Waals surface area contributed by atoms with E-state index < -0.39 is 84.0 Å². The Morgan fingerprint density at radius 1 is 0.679 bits per heavy atom. The molecule has 0 amide bonds. The topological polar surface area (TPSA) is 305 Å². The summed E-state index contributed by atoms with van der Waals surface area (Å²) < 4.78 is 150. The molecule has 0 saturated carbocycles. The summed E-state index contributed by atoms with van der Waals surface area (Å²) in [6.07, 6.45) is -0.644. The van der Waals surface area contributed by atoms with Gasteiger partial charge in [-0.1, -0.05) is 6.07 Å². The standard InChI is InChI=1S/C32H26FN7O12S4/c1-16-9-18(35-31-10-17(2)34-32(33)36-31)3-6-26(16)38-40-27-7-8-28(23-13-20(53(41,42)43)4-5-22(23)27)39-37-19-11-24-25(29(12-19)55(47,48)49)14-21(54(44,45)46)15-30(24)56(50,51)52/h3-11,13-15,29H,12H2,1-2H3,(H,34,35,36)(H,41,42,43)(H,44,45,46)(H,47,48,49)(H,50,51,52). The molecule has 1 aliphatic carbocycles. The van der Waals surface area contributed by atoms with E-state index in [1.165, 1.54) is 18.2 Å². The third kappa shape index (κ3) is 8.81. The highest BCUT2D eigenvalue weighted by molar-refractivity contribution is 7.87. The quantitative estimate of drug-likeness (QED) is 0.0552. The van der Waals surface area contributed by atoms with Crippen molar-refractivity contribution in [2.45, 2.75) is 40.2 Å². The Morgan fingerprint density at radius 2 is 1.30 bits per heavy atom. The van der Waals surface area contributed by atoms with E-state index in [0.717, 1.165) is 18.2 Å². The molecule has 1 aliphatic rings. The van der Waals surface area contributed by atoms with E-state index in [2.05, 4.69) is 35.7 Å². The first-order chi connectivity index (χ1) is 26.0. The molecule has 1 aromatic heterocycles. The lowest BCUT2D eigenvalue weighted by molar-refractivity contribution is 0.463. The summed E-state index contributed by atoms with van der Waals surface area (Å²) in [7, 11) is -20.3. The minimum atomic E-state index is -5.27. The van der Waals surface area contributed by atoms with E-state index in [1.54, 1.807) is 38.1 Å². The molecule has 24 heteroatoms. The second kappa shape index (κ2) is 14.6. The van der Waals surface area contributed by atoms with Crippen molar-refractivity contribution in [3.8, 4) is 0 Å². The summed E-state index contributed by atoms with van der Waals surface area (Å²) in [6, 6.07) is 13.8. The van der Waals surface area contributed by atoms with Crippen molar-refractivity contribution >= 4 is 85.9 Å². The highest BCUT2D eigenvalue weighted by Crippen LogP contribution is 2.43. The smallest absolute Gasteiger partial charge is 0.310 e. The molecule has 0 radical (unpaired) electrons. The third-order valence-electron chi connectivity index (χ3n) is 8.22. The van der Waals surface area contributed by atoms with Crippen LogP contribution >= 0.6 is 0 Å². The zero-order valence-electron chi connectivity index (χ0n) is 28.5. The van der Waals surface area contributed by atoms with Gasteiger partial charge in [-0.15, -0.1) is 5.11 Å². The molecule has 0 spiro atoms. The van der Waals surface area contributed by atoms with E-state index in [-0.39, 0.29) is 33.7 Å². The van der Waals surface area contributed by atoms with Gasteiger partial charge in [0, 0.05) is 40.2 Å². The first-order valence-corrected chi connectivity index (χ1v) is 21.4. The first-order valence-electron chi connectivity index (χ1n) is 15.5. The molecular formula is C32H26FN7O12S4. The van der Waals surface area contributed by atoms with E-state index in [4.69, 9.17) is 0 Å². The van der Waals surface area contributed by atoms with Crippen molar-refractivity contribution in [3.63, 3.8) is 0 Å². The summed E-state index contributed by atoms with van der Waals surface area (Å²) in [5.41, 5.74) is 0.691. The summed E-state index contributed by atoms with van der Waals surface area (Å²) in [4.78, 5) is 4.55. The molecule has 292 valence electrons. The van der Waals surface area contributed by atoms with Gasteiger partial charge in [0.05, 0.1) is 32.6 Å². The second-order valence-electron chi connectivity index (χ2n) is 12.2. The molecule has 56 heavy (non-hydrogen) atoms. The summed E-state index contributed by atoms with van der Waals surface area (Å²) in [6.45, 7) is 3.35. The Morgan fingerprint density at radius 3 is 1.91 bits per heavy atom. The van der Waals surface area contributed by atoms with Crippen molar-refractivity contribution in [2.24, 2.45) is 20.5 Å². The van der Waals surface area contributed by atoms with E-state index in [0.29, 0.717) is 34.8 Å². The van der Waals surface area contributed by atoms with Gasteiger partial charge in [-0.25, -0.2) is 4.98 Å². The van der Waals surface area contributed by atoms with Crippen LogP contribution in [0, 0.1) is 19.9 Å². The maximum Gasteiger partial charge on any atom is 0.310 e. The lowest BCUT2D eigenvalue weighted by Crippen LogP contribution is -2.19. The number of azo groups is 2. The van der Waals surface area contributed by atoms with Crippen LogP contribution in [0.4, 0.5) is 33.0 Å². The molecule has 0 bridgehead atoms. The lowest BCUT2D eigenvalue weighted by atomic mass is 9.95. The molecule has 5 N–H and O–H groups in total. The number of nitrogens with one attached hydrogen (secondary N) is 1. The van der Waals surface area contributed by atoms with Crippen LogP contribution in [0.1, 0.15) is 34.1 Å². The molecule has 19 nitrogen and oxygen atoms in total. The van der Waals surface area contributed by atoms with Crippen molar-refractivity contribution in [1.82, 2.24) is 9.97 Å². The molecule has 1 atom stereocenters. The molecule has 0 saturated heterocycles. The molecule has 0 fully saturated rings. The van der Waals surface area contributed by atoms with Gasteiger partial charge in [-0.05, 0) is 85.6 Å². The Bertz CT molecular complexity index is 3010. The Kier molecular flexibility index (Phi) is 10.4. The van der Waals surface area contributed by atoms with Gasteiger partial charge < -0.3 is 5.32 Å². The van der Waals surface area contributed by atoms with Gasteiger partial charge in [0.2, 0.25) is 0 Å². The molecule has 4 aromatic carbocycles. The highest BCUT2D eigenvalue weighted by Gasteiger charge is 2.36. The van der Waals surface area contributed by atoms with Crippen LogP contribution in [0.15, 0.2) is 108 Å². The maximum atomic E-state index is 13.7. The van der Waals surface area contributed by atoms with Gasteiger partial charge >= 0.3 is 6.08 Å². The minimum Gasteiger partial charge on any atom is -0.340 e. The van der Waals surface area contributed by atoms with Crippen molar-refractivity contribution in [3.05, 3.63) is 101 Å². The Balaban J connectivity index is 1.41. The average Bonchev–Trinajstić information content (AvgIpc) is 3.07. The van der Waals surface area contributed by atoms with Gasteiger partial charge in [0.25, 0.3) is 40.5 Å². The Hall–Kier alpha value is -5.47. The zero-order valence-corrected chi connectivity index (χ0v) is 31.7. The number of benzene rings is 4. The van der Waals surface area contributed by atoms with Crippen LogP contribution in [0.2, 0.25) is 0 Å². The number of allylic oxidation sites excluding steroid dienone is 1. The largest absolute Gasteiger partial charge is 0.340 e. The summed E-state index contributed by atoms with van der Waals surface area (Å²) >= 11 is 0. The van der Waals surface area contributed by atoms with Crippen molar-refractivity contribution in [1.29, 1.82) is 0 Å². The number of fused-ring (bicyclic) bond motifs is 2. The van der Waals surface area contributed by atoms with Gasteiger partial charge in [0.1, 0.15) is 16.0 Å².